The Morgan fingerprint density at radius 2 is 1.70 bits per heavy atom. The zero-order valence-corrected chi connectivity index (χ0v) is 13.2. The van der Waals surface area contributed by atoms with Crippen LogP contribution in [0.5, 0.6) is 0 Å². The fourth-order valence-corrected chi connectivity index (χ4v) is 3.99. The van der Waals surface area contributed by atoms with Crippen LogP contribution in [0.3, 0.4) is 0 Å². The van der Waals surface area contributed by atoms with Crippen molar-refractivity contribution in [1.29, 1.82) is 0 Å². The standard InChI is InChI=1S/C19H21Cl/c1-12-8-13(2)18(14(3)9-12)11-16-10-15-6-4-5-7-17(15)19(16)20/h4-9,16,19H,10-11H2,1-3H3. The predicted molar refractivity (Wildman–Crippen MR) is 86.6 cm³/mol. The molecule has 0 fully saturated rings. The van der Waals surface area contributed by atoms with E-state index in [9.17, 15) is 0 Å². The summed E-state index contributed by atoms with van der Waals surface area (Å²) in [7, 11) is 0. The van der Waals surface area contributed by atoms with Crippen molar-refractivity contribution in [2.24, 2.45) is 5.92 Å². The van der Waals surface area contributed by atoms with Gasteiger partial charge >= 0.3 is 0 Å². The molecule has 0 nitrogen and oxygen atoms in total. The lowest BCUT2D eigenvalue weighted by molar-refractivity contribution is 0.541. The lowest BCUT2D eigenvalue weighted by Crippen LogP contribution is -2.09. The second kappa shape index (κ2) is 5.26. The monoisotopic (exact) mass is 284 g/mol. The van der Waals surface area contributed by atoms with Gasteiger partial charge in [0.1, 0.15) is 0 Å². The van der Waals surface area contributed by atoms with Gasteiger partial charge in [0.2, 0.25) is 0 Å². The summed E-state index contributed by atoms with van der Waals surface area (Å²) < 4.78 is 0. The van der Waals surface area contributed by atoms with Crippen molar-refractivity contribution in [3.8, 4) is 0 Å². The molecule has 0 N–H and O–H groups in total. The van der Waals surface area contributed by atoms with E-state index >= 15 is 0 Å². The van der Waals surface area contributed by atoms with Gasteiger partial charge in [-0.1, -0.05) is 42.0 Å². The molecule has 0 radical (unpaired) electrons. The maximum Gasteiger partial charge on any atom is 0.0622 e. The van der Waals surface area contributed by atoms with Crippen molar-refractivity contribution in [2.45, 2.75) is 39.0 Å². The highest BCUT2D eigenvalue weighted by Crippen LogP contribution is 2.42. The maximum absolute atomic E-state index is 6.69. The van der Waals surface area contributed by atoms with E-state index in [0.29, 0.717) is 5.92 Å². The van der Waals surface area contributed by atoms with Gasteiger partial charge in [-0.25, -0.2) is 0 Å². The van der Waals surface area contributed by atoms with Gasteiger partial charge in [-0.3, -0.25) is 0 Å². The predicted octanol–water partition coefficient (Wildman–Crippen LogP) is 5.31. The highest BCUT2D eigenvalue weighted by atomic mass is 35.5. The van der Waals surface area contributed by atoms with Gasteiger partial charge in [0.25, 0.3) is 0 Å². The number of alkyl halides is 1. The molecule has 1 aliphatic rings. The first-order valence-electron chi connectivity index (χ1n) is 7.35. The van der Waals surface area contributed by atoms with Crippen LogP contribution < -0.4 is 0 Å². The van der Waals surface area contributed by atoms with E-state index in [-0.39, 0.29) is 5.38 Å². The Balaban J connectivity index is 1.88. The van der Waals surface area contributed by atoms with E-state index in [4.69, 9.17) is 11.6 Å². The van der Waals surface area contributed by atoms with E-state index in [2.05, 4.69) is 57.2 Å². The van der Waals surface area contributed by atoms with E-state index in [1.165, 1.54) is 33.4 Å². The molecule has 20 heavy (non-hydrogen) atoms. The van der Waals surface area contributed by atoms with Crippen molar-refractivity contribution < 1.29 is 0 Å². The van der Waals surface area contributed by atoms with Gasteiger partial charge < -0.3 is 0 Å². The molecule has 0 aromatic heterocycles. The minimum Gasteiger partial charge on any atom is -0.117 e. The molecule has 2 unspecified atom stereocenters. The molecule has 2 aromatic rings. The topological polar surface area (TPSA) is 0 Å². The molecular formula is C19H21Cl. The first kappa shape index (κ1) is 13.7. The summed E-state index contributed by atoms with van der Waals surface area (Å²) in [5.74, 6) is 0.522. The fourth-order valence-electron chi connectivity index (χ4n) is 3.60. The highest BCUT2D eigenvalue weighted by Gasteiger charge is 2.31. The van der Waals surface area contributed by atoms with E-state index in [1.807, 2.05) is 0 Å². The van der Waals surface area contributed by atoms with Crippen LogP contribution in [-0.4, -0.2) is 0 Å². The molecule has 0 amide bonds. The van der Waals surface area contributed by atoms with Gasteiger partial charge in [0.15, 0.2) is 0 Å². The molecule has 104 valence electrons. The van der Waals surface area contributed by atoms with Crippen LogP contribution in [0.15, 0.2) is 36.4 Å². The van der Waals surface area contributed by atoms with Crippen molar-refractivity contribution in [3.05, 3.63) is 69.8 Å². The Bertz CT molecular complexity index is 619. The molecule has 0 aliphatic heterocycles. The minimum absolute atomic E-state index is 0.159. The number of rotatable bonds is 2. The summed E-state index contributed by atoms with van der Waals surface area (Å²) in [5.41, 5.74) is 8.41. The van der Waals surface area contributed by atoms with Crippen LogP contribution in [0.1, 0.15) is 38.8 Å². The first-order chi connectivity index (χ1) is 9.56. The quantitative estimate of drug-likeness (QED) is 0.656. The van der Waals surface area contributed by atoms with Crippen LogP contribution in [0.2, 0.25) is 0 Å². The maximum atomic E-state index is 6.69. The Morgan fingerprint density at radius 3 is 2.35 bits per heavy atom. The average Bonchev–Trinajstić information content (AvgIpc) is 2.71. The van der Waals surface area contributed by atoms with Crippen LogP contribution in [0.4, 0.5) is 0 Å². The van der Waals surface area contributed by atoms with Crippen LogP contribution in [0, 0.1) is 26.7 Å². The molecule has 0 saturated carbocycles. The molecule has 1 heteroatoms. The zero-order chi connectivity index (χ0) is 14.3. The molecule has 2 aromatic carbocycles. The molecule has 2 atom stereocenters. The molecule has 0 bridgehead atoms. The Morgan fingerprint density at radius 1 is 1.05 bits per heavy atom. The lowest BCUT2D eigenvalue weighted by Gasteiger charge is -2.18. The minimum atomic E-state index is 0.159. The zero-order valence-electron chi connectivity index (χ0n) is 12.4. The summed E-state index contributed by atoms with van der Waals surface area (Å²) in [4.78, 5) is 0. The van der Waals surface area contributed by atoms with Crippen molar-refractivity contribution in [2.75, 3.05) is 0 Å². The van der Waals surface area contributed by atoms with Gasteiger partial charge in [-0.2, -0.15) is 0 Å². The number of hydrogen-bond donors (Lipinski definition) is 0. The van der Waals surface area contributed by atoms with Gasteiger partial charge in [0, 0.05) is 0 Å². The number of fused-ring (bicyclic) bond motifs is 1. The van der Waals surface area contributed by atoms with E-state index < -0.39 is 0 Å². The SMILES string of the molecule is Cc1cc(C)c(CC2Cc3ccccc3C2Cl)c(C)c1. The van der Waals surface area contributed by atoms with Gasteiger partial charge in [0.05, 0.1) is 5.38 Å². The normalized spacial score (nSPS) is 21.0. The van der Waals surface area contributed by atoms with Crippen LogP contribution >= 0.6 is 11.6 Å². The summed E-state index contributed by atoms with van der Waals surface area (Å²) >= 11 is 6.69. The molecule has 0 saturated heterocycles. The van der Waals surface area contributed by atoms with Crippen molar-refractivity contribution >= 4 is 11.6 Å². The number of benzene rings is 2. The summed E-state index contributed by atoms with van der Waals surface area (Å²) in [6, 6.07) is 13.2. The molecule has 0 heterocycles. The third-order valence-electron chi connectivity index (χ3n) is 4.55. The molecule has 0 spiro atoms. The summed E-state index contributed by atoms with van der Waals surface area (Å²) in [6.07, 6.45) is 2.19. The van der Waals surface area contributed by atoms with Crippen molar-refractivity contribution in [1.82, 2.24) is 0 Å². The molecule has 3 rings (SSSR count). The lowest BCUT2D eigenvalue weighted by atomic mass is 9.90. The molecule has 1 aliphatic carbocycles. The Hall–Kier alpha value is -1.27. The highest BCUT2D eigenvalue weighted by molar-refractivity contribution is 6.21. The number of aryl methyl sites for hydroxylation is 3. The summed E-state index contributed by atoms with van der Waals surface area (Å²) in [6.45, 7) is 6.61. The summed E-state index contributed by atoms with van der Waals surface area (Å²) in [5, 5.41) is 0.159. The second-order valence-electron chi connectivity index (χ2n) is 6.15. The van der Waals surface area contributed by atoms with Crippen LogP contribution in [0.25, 0.3) is 0 Å². The van der Waals surface area contributed by atoms with Crippen molar-refractivity contribution in [3.63, 3.8) is 0 Å². The third kappa shape index (κ3) is 2.38. The smallest absolute Gasteiger partial charge is 0.0622 e. The number of hydrogen-bond acceptors (Lipinski definition) is 0. The largest absolute Gasteiger partial charge is 0.117 e. The first-order valence-corrected chi connectivity index (χ1v) is 7.78. The molecular weight excluding hydrogens is 264 g/mol. The van der Waals surface area contributed by atoms with E-state index in [1.54, 1.807) is 0 Å². The van der Waals surface area contributed by atoms with E-state index in [0.717, 1.165) is 12.8 Å². The fraction of sp³-hybridized carbons (Fsp3) is 0.368. The second-order valence-corrected chi connectivity index (χ2v) is 6.62. The average molecular weight is 285 g/mol. The Labute approximate surface area is 126 Å². The number of halogens is 1. The third-order valence-corrected chi connectivity index (χ3v) is 5.15. The van der Waals surface area contributed by atoms with Crippen LogP contribution in [-0.2, 0) is 12.8 Å². The van der Waals surface area contributed by atoms with Gasteiger partial charge in [-0.15, -0.1) is 11.6 Å². The van der Waals surface area contributed by atoms with Gasteiger partial charge in [-0.05, 0) is 67.3 Å². The Kier molecular flexibility index (Phi) is 3.60.